The summed E-state index contributed by atoms with van der Waals surface area (Å²) >= 11 is 0. The fourth-order valence-corrected chi connectivity index (χ4v) is 1.67. The highest BCUT2D eigenvalue weighted by atomic mass is 16.5. The Kier molecular flexibility index (Phi) is 3.27. The van der Waals surface area contributed by atoms with Crippen molar-refractivity contribution >= 4 is 5.91 Å². The summed E-state index contributed by atoms with van der Waals surface area (Å²) in [6.45, 7) is 6.91. The van der Waals surface area contributed by atoms with Crippen molar-refractivity contribution in [3.05, 3.63) is 0 Å². The Morgan fingerprint density at radius 1 is 1.46 bits per heavy atom. The monoisotopic (exact) mass is 186 g/mol. The van der Waals surface area contributed by atoms with E-state index < -0.39 is 6.04 Å². The van der Waals surface area contributed by atoms with Gasteiger partial charge in [0, 0.05) is 0 Å². The summed E-state index contributed by atoms with van der Waals surface area (Å²) in [6.07, 6.45) is 0. The molecule has 0 radical (unpaired) electrons. The van der Waals surface area contributed by atoms with Crippen LogP contribution in [-0.2, 0) is 9.53 Å². The third kappa shape index (κ3) is 2.19. The predicted octanol–water partition coefficient (Wildman–Crippen LogP) is -0.0306. The Bertz CT molecular complexity index is 184. The van der Waals surface area contributed by atoms with Crippen LogP contribution < -0.4 is 5.73 Å². The van der Waals surface area contributed by atoms with E-state index in [-0.39, 0.29) is 18.0 Å². The first-order chi connectivity index (χ1) is 6.04. The van der Waals surface area contributed by atoms with Gasteiger partial charge in [0.2, 0.25) is 5.91 Å². The molecule has 1 heterocycles. The summed E-state index contributed by atoms with van der Waals surface area (Å²) in [5, 5.41) is 0. The molecule has 2 unspecified atom stereocenters. The molecule has 76 valence electrons. The molecule has 0 aromatic heterocycles. The second-order valence-corrected chi connectivity index (χ2v) is 3.77. The standard InChI is InChI=1S/C9H18N2O2/c1-6-4-13-5-7(2)11(6)9(12)8(3)10/h6-8H,4-5,10H2,1-3H3/t6?,7?,8-/m0/s1. The summed E-state index contributed by atoms with van der Waals surface area (Å²) in [7, 11) is 0. The number of carbonyl (C=O) groups is 1. The zero-order chi connectivity index (χ0) is 10.0. The first-order valence-corrected chi connectivity index (χ1v) is 4.69. The number of nitrogens with zero attached hydrogens (tertiary/aromatic N) is 1. The van der Waals surface area contributed by atoms with Crippen molar-refractivity contribution in [3.63, 3.8) is 0 Å². The van der Waals surface area contributed by atoms with Crippen LogP contribution in [0.1, 0.15) is 20.8 Å². The van der Waals surface area contributed by atoms with Crippen molar-refractivity contribution in [2.45, 2.75) is 38.9 Å². The highest BCUT2D eigenvalue weighted by molar-refractivity contribution is 5.81. The number of nitrogens with two attached hydrogens (primary N) is 1. The van der Waals surface area contributed by atoms with Gasteiger partial charge in [0.25, 0.3) is 0 Å². The number of rotatable bonds is 1. The van der Waals surface area contributed by atoms with Gasteiger partial charge >= 0.3 is 0 Å². The van der Waals surface area contributed by atoms with E-state index in [9.17, 15) is 4.79 Å². The van der Waals surface area contributed by atoms with Gasteiger partial charge in [0.05, 0.1) is 31.3 Å². The van der Waals surface area contributed by atoms with Gasteiger partial charge in [-0.15, -0.1) is 0 Å². The molecule has 4 nitrogen and oxygen atoms in total. The van der Waals surface area contributed by atoms with Gasteiger partial charge in [-0.1, -0.05) is 0 Å². The Labute approximate surface area is 79.0 Å². The lowest BCUT2D eigenvalue weighted by molar-refractivity contribution is -0.145. The third-order valence-electron chi connectivity index (χ3n) is 2.31. The molecule has 2 N–H and O–H groups in total. The molecule has 1 fully saturated rings. The molecule has 1 aliphatic rings. The lowest BCUT2D eigenvalue weighted by atomic mass is 10.1. The van der Waals surface area contributed by atoms with Crippen LogP contribution in [0.4, 0.5) is 0 Å². The van der Waals surface area contributed by atoms with Gasteiger partial charge in [-0.3, -0.25) is 4.79 Å². The minimum absolute atomic E-state index is 0.0169. The molecule has 3 atom stereocenters. The van der Waals surface area contributed by atoms with Crippen molar-refractivity contribution in [2.24, 2.45) is 5.73 Å². The highest BCUT2D eigenvalue weighted by Crippen LogP contribution is 2.13. The van der Waals surface area contributed by atoms with Crippen LogP contribution in [-0.4, -0.2) is 42.1 Å². The second kappa shape index (κ2) is 4.07. The normalized spacial score (nSPS) is 31.5. The van der Waals surface area contributed by atoms with Crippen LogP contribution in [0, 0.1) is 0 Å². The zero-order valence-electron chi connectivity index (χ0n) is 8.49. The Hall–Kier alpha value is -0.610. The average Bonchev–Trinajstić information content (AvgIpc) is 2.03. The molecule has 1 aliphatic heterocycles. The molecule has 0 aromatic carbocycles. The maximum absolute atomic E-state index is 11.7. The minimum Gasteiger partial charge on any atom is -0.377 e. The number of hydrogen-bond acceptors (Lipinski definition) is 3. The van der Waals surface area contributed by atoms with E-state index in [0.717, 1.165) is 0 Å². The maximum atomic E-state index is 11.7. The van der Waals surface area contributed by atoms with E-state index in [0.29, 0.717) is 13.2 Å². The summed E-state index contributed by atoms with van der Waals surface area (Å²) in [6, 6.07) is -0.132. The highest BCUT2D eigenvalue weighted by Gasteiger charge is 2.30. The molecule has 0 aliphatic carbocycles. The fourth-order valence-electron chi connectivity index (χ4n) is 1.67. The third-order valence-corrected chi connectivity index (χ3v) is 2.31. The number of morpholine rings is 1. The summed E-state index contributed by atoms with van der Waals surface area (Å²) in [4.78, 5) is 13.5. The average molecular weight is 186 g/mol. The fraction of sp³-hybridized carbons (Fsp3) is 0.889. The Balaban J connectivity index is 2.68. The van der Waals surface area contributed by atoms with E-state index in [2.05, 4.69) is 0 Å². The molecule has 0 bridgehead atoms. The van der Waals surface area contributed by atoms with E-state index in [1.807, 2.05) is 18.7 Å². The summed E-state index contributed by atoms with van der Waals surface area (Å²) in [5.41, 5.74) is 5.56. The minimum atomic E-state index is -0.414. The Morgan fingerprint density at radius 2 is 1.92 bits per heavy atom. The van der Waals surface area contributed by atoms with Crippen LogP contribution >= 0.6 is 0 Å². The Morgan fingerprint density at radius 3 is 2.31 bits per heavy atom. The van der Waals surface area contributed by atoms with Gasteiger partial charge in [0.15, 0.2) is 0 Å². The zero-order valence-corrected chi connectivity index (χ0v) is 8.49. The number of hydrogen-bond donors (Lipinski definition) is 1. The largest absolute Gasteiger partial charge is 0.377 e. The van der Waals surface area contributed by atoms with Crippen LogP contribution in [0.15, 0.2) is 0 Å². The van der Waals surface area contributed by atoms with Crippen molar-refractivity contribution in [2.75, 3.05) is 13.2 Å². The SMILES string of the molecule is CC1COCC(C)N1C(=O)[C@H](C)N. The molecule has 1 amide bonds. The molecular weight excluding hydrogens is 168 g/mol. The molecule has 4 heteroatoms. The topological polar surface area (TPSA) is 55.6 Å². The molecule has 1 saturated heterocycles. The quantitative estimate of drug-likeness (QED) is 0.625. The predicted molar refractivity (Wildman–Crippen MR) is 50.2 cm³/mol. The molecule has 1 rings (SSSR count). The van der Waals surface area contributed by atoms with Gasteiger partial charge in [-0.25, -0.2) is 0 Å². The van der Waals surface area contributed by atoms with Crippen molar-refractivity contribution in [3.8, 4) is 0 Å². The smallest absolute Gasteiger partial charge is 0.239 e. The first kappa shape index (κ1) is 10.5. The first-order valence-electron chi connectivity index (χ1n) is 4.69. The van der Waals surface area contributed by atoms with Gasteiger partial charge < -0.3 is 15.4 Å². The van der Waals surface area contributed by atoms with Gasteiger partial charge in [-0.05, 0) is 20.8 Å². The van der Waals surface area contributed by atoms with Crippen LogP contribution in [0.5, 0.6) is 0 Å². The number of ether oxygens (including phenoxy) is 1. The van der Waals surface area contributed by atoms with Crippen molar-refractivity contribution < 1.29 is 9.53 Å². The molecular formula is C9H18N2O2. The van der Waals surface area contributed by atoms with Crippen LogP contribution in [0.2, 0.25) is 0 Å². The van der Waals surface area contributed by atoms with Crippen LogP contribution in [0.25, 0.3) is 0 Å². The summed E-state index contributed by atoms with van der Waals surface area (Å²) in [5.74, 6) is 0.0169. The number of amides is 1. The maximum Gasteiger partial charge on any atom is 0.239 e. The molecule has 0 saturated carbocycles. The number of carbonyl (C=O) groups excluding carboxylic acids is 1. The van der Waals surface area contributed by atoms with Gasteiger partial charge in [0.1, 0.15) is 0 Å². The van der Waals surface area contributed by atoms with Crippen LogP contribution in [0.3, 0.4) is 0 Å². The molecule has 0 aromatic rings. The van der Waals surface area contributed by atoms with Crippen molar-refractivity contribution in [1.82, 2.24) is 4.90 Å². The van der Waals surface area contributed by atoms with Crippen molar-refractivity contribution in [1.29, 1.82) is 0 Å². The lowest BCUT2D eigenvalue weighted by Gasteiger charge is -2.39. The lowest BCUT2D eigenvalue weighted by Crippen LogP contribution is -2.56. The molecule has 13 heavy (non-hydrogen) atoms. The van der Waals surface area contributed by atoms with E-state index in [1.54, 1.807) is 6.92 Å². The van der Waals surface area contributed by atoms with E-state index in [4.69, 9.17) is 10.5 Å². The van der Waals surface area contributed by atoms with E-state index >= 15 is 0 Å². The summed E-state index contributed by atoms with van der Waals surface area (Å²) < 4.78 is 5.32. The molecule has 0 spiro atoms. The van der Waals surface area contributed by atoms with Gasteiger partial charge in [-0.2, -0.15) is 0 Å². The second-order valence-electron chi connectivity index (χ2n) is 3.77. The van der Waals surface area contributed by atoms with E-state index in [1.165, 1.54) is 0 Å².